The first kappa shape index (κ1) is 14.4. The molecule has 0 aliphatic carbocycles. The van der Waals surface area contributed by atoms with Crippen molar-refractivity contribution in [1.29, 1.82) is 0 Å². The van der Waals surface area contributed by atoms with Gasteiger partial charge in [0.1, 0.15) is 5.69 Å². The number of ether oxygens (including phenoxy) is 1. The van der Waals surface area contributed by atoms with Crippen molar-refractivity contribution in [2.24, 2.45) is 4.99 Å². The lowest BCUT2D eigenvalue weighted by Gasteiger charge is -2.09. The predicted octanol–water partition coefficient (Wildman–Crippen LogP) is 4.83. The average Bonchev–Trinajstić information content (AvgIpc) is 2.15. The number of hydrogen-bond acceptors (Lipinski definition) is 2. The summed E-state index contributed by atoms with van der Waals surface area (Å²) in [5.74, 6) is -0.0292. The minimum atomic E-state index is -4.73. The summed E-state index contributed by atoms with van der Waals surface area (Å²) in [6.45, 7) is 0. The molecule has 0 spiro atoms. The molecule has 0 aromatic heterocycles. The number of nitrogens with zero attached hydrogens (tertiary/aromatic N) is 1. The highest BCUT2D eigenvalue weighted by atomic mass is 35.5. The third-order valence-electron chi connectivity index (χ3n) is 1.65. The van der Waals surface area contributed by atoms with E-state index < -0.39 is 11.3 Å². The maximum Gasteiger partial charge on any atom is 0.444 e. The molecule has 0 aliphatic rings. The van der Waals surface area contributed by atoms with Crippen molar-refractivity contribution in [3.8, 4) is 5.75 Å². The summed E-state index contributed by atoms with van der Waals surface area (Å²) < 4.78 is 41.4. The molecule has 0 atom stereocenters. The van der Waals surface area contributed by atoms with Gasteiger partial charge in [-0.15, -0.1) is 0 Å². The van der Waals surface area contributed by atoms with Crippen molar-refractivity contribution in [3.63, 3.8) is 0 Å². The Morgan fingerprint density at radius 2 is 1.88 bits per heavy atom. The van der Waals surface area contributed by atoms with E-state index in [-0.39, 0.29) is 21.5 Å². The van der Waals surface area contributed by atoms with Crippen LogP contribution in [0.3, 0.4) is 0 Å². The number of hydrogen-bond donors (Lipinski definition) is 0. The van der Waals surface area contributed by atoms with Gasteiger partial charge in [-0.05, 0) is 12.1 Å². The summed E-state index contributed by atoms with van der Waals surface area (Å²) >= 11 is 16.4. The standard InChI is InChI=1S/C9H5Cl3F3NO/c1-17-7-5(11)2-4(10)3-6(7)16-8(12)9(13,14)15/h2-3H,1H3. The van der Waals surface area contributed by atoms with Crippen LogP contribution in [0.1, 0.15) is 0 Å². The van der Waals surface area contributed by atoms with Gasteiger partial charge < -0.3 is 4.74 Å². The van der Waals surface area contributed by atoms with Gasteiger partial charge in [0, 0.05) is 5.02 Å². The van der Waals surface area contributed by atoms with E-state index in [1.165, 1.54) is 19.2 Å². The minimum absolute atomic E-state index is 0.0292. The van der Waals surface area contributed by atoms with Gasteiger partial charge in [0.2, 0.25) is 5.17 Å². The molecule has 0 N–H and O–H groups in total. The Labute approximate surface area is 110 Å². The highest BCUT2D eigenvalue weighted by molar-refractivity contribution is 6.67. The monoisotopic (exact) mass is 305 g/mol. The van der Waals surface area contributed by atoms with Gasteiger partial charge in [-0.25, -0.2) is 4.99 Å². The van der Waals surface area contributed by atoms with Crippen LogP contribution in [-0.4, -0.2) is 18.5 Å². The van der Waals surface area contributed by atoms with Crippen LogP contribution in [0.15, 0.2) is 17.1 Å². The molecule has 0 unspecified atom stereocenters. The molecule has 0 aliphatic heterocycles. The van der Waals surface area contributed by atoms with E-state index in [2.05, 4.69) is 4.99 Å². The van der Waals surface area contributed by atoms with Crippen molar-refractivity contribution >= 4 is 45.7 Å². The Kier molecular flexibility index (Phi) is 4.52. The summed E-state index contributed by atoms with van der Waals surface area (Å²) in [5.41, 5.74) is -0.188. The molecule has 94 valence electrons. The Hall–Kier alpha value is -0.650. The molecule has 0 saturated carbocycles. The number of benzene rings is 1. The molecule has 0 fully saturated rings. The van der Waals surface area contributed by atoms with Crippen molar-refractivity contribution in [2.75, 3.05) is 7.11 Å². The first-order valence-corrected chi connectivity index (χ1v) is 5.23. The summed E-state index contributed by atoms with van der Waals surface area (Å²) in [5, 5.41) is -1.36. The summed E-state index contributed by atoms with van der Waals surface area (Å²) in [6, 6.07) is 2.49. The SMILES string of the molecule is COc1c(Cl)cc(Cl)cc1N=C(Cl)C(F)(F)F. The highest BCUT2D eigenvalue weighted by Gasteiger charge is 2.34. The van der Waals surface area contributed by atoms with Crippen LogP contribution in [0, 0.1) is 0 Å². The molecule has 0 radical (unpaired) electrons. The van der Waals surface area contributed by atoms with E-state index in [0.29, 0.717) is 0 Å². The molecule has 0 heterocycles. The molecular formula is C9H5Cl3F3NO. The molecule has 1 rings (SSSR count). The van der Waals surface area contributed by atoms with Crippen LogP contribution in [0.5, 0.6) is 5.75 Å². The summed E-state index contributed by atoms with van der Waals surface area (Å²) in [4.78, 5) is 3.19. The zero-order chi connectivity index (χ0) is 13.2. The first-order chi connectivity index (χ1) is 7.75. The number of rotatable bonds is 2. The molecular weight excluding hydrogens is 301 g/mol. The number of halogens is 6. The second kappa shape index (κ2) is 5.33. The number of alkyl halides is 3. The van der Waals surface area contributed by atoms with Crippen LogP contribution in [0.2, 0.25) is 10.0 Å². The van der Waals surface area contributed by atoms with Gasteiger partial charge in [-0.3, -0.25) is 0 Å². The van der Waals surface area contributed by atoms with Crippen LogP contribution in [-0.2, 0) is 0 Å². The quantitative estimate of drug-likeness (QED) is 0.717. The normalized spacial score (nSPS) is 12.8. The van der Waals surface area contributed by atoms with Gasteiger partial charge >= 0.3 is 6.18 Å². The number of methoxy groups -OCH3 is 1. The minimum Gasteiger partial charge on any atom is -0.493 e. The number of aliphatic imine (C=N–C) groups is 1. The fraction of sp³-hybridized carbons (Fsp3) is 0.222. The molecule has 8 heteroatoms. The van der Waals surface area contributed by atoms with Crippen LogP contribution in [0.25, 0.3) is 0 Å². The topological polar surface area (TPSA) is 21.6 Å². The maximum atomic E-state index is 12.2. The van der Waals surface area contributed by atoms with Gasteiger partial charge in [0.25, 0.3) is 0 Å². The predicted molar refractivity (Wildman–Crippen MR) is 62.0 cm³/mol. The molecule has 1 aromatic carbocycles. The first-order valence-electron chi connectivity index (χ1n) is 4.10. The maximum absolute atomic E-state index is 12.2. The third-order valence-corrected chi connectivity index (χ3v) is 2.44. The Bertz CT molecular complexity index is 460. The molecule has 2 nitrogen and oxygen atoms in total. The largest absolute Gasteiger partial charge is 0.493 e. The van der Waals surface area contributed by atoms with Gasteiger partial charge in [0.15, 0.2) is 5.75 Å². The second-order valence-corrected chi connectivity index (χ2v) is 4.04. The lowest BCUT2D eigenvalue weighted by Crippen LogP contribution is -2.16. The van der Waals surface area contributed by atoms with E-state index in [4.69, 9.17) is 39.5 Å². The van der Waals surface area contributed by atoms with Gasteiger partial charge in [-0.2, -0.15) is 13.2 Å². The fourth-order valence-electron chi connectivity index (χ4n) is 1.00. The molecule has 0 amide bonds. The zero-order valence-corrected chi connectivity index (χ0v) is 10.5. The Balaban J connectivity index is 3.32. The van der Waals surface area contributed by atoms with E-state index >= 15 is 0 Å². The van der Waals surface area contributed by atoms with Crippen LogP contribution in [0.4, 0.5) is 18.9 Å². The fourth-order valence-corrected chi connectivity index (χ4v) is 1.65. The Morgan fingerprint density at radius 3 is 2.35 bits per heavy atom. The molecule has 17 heavy (non-hydrogen) atoms. The van der Waals surface area contributed by atoms with Crippen molar-refractivity contribution < 1.29 is 17.9 Å². The second-order valence-electron chi connectivity index (χ2n) is 2.84. The highest BCUT2D eigenvalue weighted by Crippen LogP contribution is 2.39. The van der Waals surface area contributed by atoms with E-state index in [0.717, 1.165) is 0 Å². The van der Waals surface area contributed by atoms with E-state index in [9.17, 15) is 13.2 Å². The lowest BCUT2D eigenvalue weighted by molar-refractivity contribution is -0.0558. The molecule has 1 aromatic rings. The summed E-state index contributed by atoms with van der Waals surface area (Å²) in [6.07, 6.45) is -4.73. The van der Waals surface area contributed by atoms with Crippen molar-refractivity contribution in [1.82, 2.24) is 0 Å². The average molecular weight is 306 g/mol. The van der Waals surface area contributed by atoms with Crippen molar-refractivity contribution in [3.05, 3.63) is 22.2 Å². The van der Waals surface area contributed by atoms with Crippen LogP contribution >= 0.6 is 34.8 Å². The Morgan fingerprint density at radius 1 is 1.29 bits per heavy atom. The van der Waals surface area contributed by atoms with Crippen LogP contribution < -0.4 is 4.74 Å². The zero-order valence-electron chi connectivity index (χ0n) is 8.28. The van der Waals surface area contributed by atoms with E-state index in [1.807, 2.05) is 0 Å². The lowest BCUT2D eigenvalue weighted by atomic mass is 10.3. The van der Waals surface area contributed by atoms with Gasteiger partial charge in [0.05, 0.1) is 12.1 Å². The van der Waals surface area contributed by atoms with Crippen molar-refractivity contribution in [2.45, 2.75) is 6.18 Å². The summed E-state index contributed by atoms with van der Waals surface area (Å²) in [7, 11) is 1.25. The third kappa shape index (κ3) is 3.66. The van der Waals surface area contributed by atoms with Gasteiger partial charge in [-0.1, -0.05) is 34.8 Å². The van der Waals surface area contributed by atoms with E-state index in [1.54, 1.807) is 0 Å². The smallest absolute Gasteiger partial charge is 0.444 e. The molecule has 0 bridgehead atoms. The molecule has 0 saturated heterocycles.